The van der Waals surface area contributed by atoms with E-state index in [-0.39, 0.29) is 11.9 Å². The molecule has 0 aliphatic carbocycles. The van der Waals surface area contributed by atoms with Crippen molar-refractivity contribution in [3.63, 3.8) is 0 Å². The van der Waals surface area contributed by atoms with Crippen LogP contribution in [0.3, 0.4) is 0 Å². The number of amides is 1. The average Bonchev–Trinajstić information content (AvgIpc) is 2.19. The van der Waals surface area contributed by atoms with Crippen molar-refractivity contribution in [2.75, 3.05) is 11.5 Å². The number of terminal acetylenes is 1. The first-order valence-corrected chi connectivity index (χ1v) is 6.68. The molecule has 1 saturated heterocycles. The predicted molar refractivity (Wildman–Crippen MR) is 65.7 cm³/mol. The van der Waals surface area contributed by atoms with Crippen molar-refractivity contribution >= 4 is 17.7 Å². The van der Waals surface area contributed by atoms with Gasteiger partial charge in [-0.15, -0.1) is 12.3 Å². The van der Waals surface area contributed by atoms with Gasteiger partial charge in [0.15, 0.2) is 0 Å². The van der Waals surface area contributed by atoms with Gasteiger partial charge in [0.25, 0.3) is 0 Å². The molecule has 2 nitrogen and oxygen atoms in total. The van der Waals surface area contributed by atoms with Crippen LogP contribution in [0.2, 0.25) is 0 Å². The molecule has 1 aliphatic rings. The van der Waals surface area contributed by atoms with Gasteiger partial charge in [-0.05, 0) is 37.2 Å². The summed E-state index contributed by atoms with van der Waals surface area (Å²) in [7, 11) is 0. The van der Waals surface area contributed by atoms with E-state index in [1.54, 1.807) is 0 Å². The van der Waals surface area contributed by atoms with Crippen molar-refractivity contribution in [2.45, 2.75) is 38.6 Å². The zero-order valence-corrected chi connectivity index (χ0v) is 10.1. The average molecular weight is 225 g/mol. The molecule has 0 aromatic rings. The quantitative estimate of drug-likeness (QED) is 0.742. The minimum Gasteiger partial charge on any atom is -0.353 e. The minimum atomic E-state index is 0.112. The summed E-state index contributed by atoms with van der Waals surface area (Å²) < 4.78 is 0. The summed E-state index contributed by atoms with van der Waals surface area (Å²) >= 11 is 1.99. The lowest BCUT2D eigenvalue weighted by Crippen LogP contribution is -2.33. The van der Waals surface area contributed by atoms with E-state index in [4.69, 9.17) is 6.42 Å². The molecule has 1 fully saturated rings. The summed E-state index contributed by atoms with van der Waals surface area (Å²) in [4.78, 5) is 11.6. The molecule has 1 atom stereocenters. The smallest absolute Gasteiger partial charge is 0.220 e. The second kappa shape index (κ2) is 6.79. The molecule has 0 bridgehead atoms. The number of hydrogen-bond acceptors (Lipinski definition) is 2. The highest BCUT2D eigenvalue weighted by molar-refractivity contribution is 7.99. The molecular formula is C12H19NOS. The van der Waals surface area contributed by atoms with Gasteiger partial charge in [-0.3, -0.25) is 4.79 Å². The molecule has 84 valence electrons. The topological polar surface area (TPSA) is 29.1 Å². The molecule has 0 aromatic carbocycles. The van der Waals surface area contributed by atoms with Gasteiger partial charge in [0.2, 0.25) is 5.91 Å². The molecule has 1 aliphatic heterocycles. The first-order chi connectivity index (χ1) is 7.22. The second-order valence-electron chi connectivity index (χ2n) is 4.14. The molecular weight excluding hydrogens is 206 g/mol. The number of hydrogen-bond donors (Lipinski definition) is 1. The van der Waals surface area contributed by atoms with Crippen molar-refractivity contribution in [1.82, 2.24) is 5.32 Å². The third-order valence-electron chi connectivity index (χ3n) is 2.65. The van der Waals surface area contributed by atoms with Crippen LogP contribution in [-0.4, -0.2) is 23.5 Å². The van der Waals surface area contributed by atoms with Crippen molar-refractivity contribution in [3.05, 3.63) is 0 Å². The molecule has 0 radical (unpaired) electrons. The Kier molecular flexibility index (Phi) is 5.63. The largest absolute Gasteiger partial charge is 0.353 e. The molecule has 1 amide bonds. The van der Waals surface area contributed by atoms with Crippen molar-refractivity contribution in [1.29, 1.82) is 0 Å². The van der Waals surface area contributed by atoms with Crippen LogP contribution in [0, 0.1) is 18.3 Å². The normalized spacial score (nSPS) is 19.2. The summed E-state index contributed by atoms with van der Waals surface area (Å²) in [5.41, 5.74) is 0. The fourth-order valence-corrected chi connectivity index (χ4v) is 2.98. The highest BCUT2D eigenvalue weighted by Crippen LogP contribution is 2.25. The predicted octanol–water partition coefficient (Wildman–Crippen LogP) is 2.05. The Labute approximate surface area is 96.6 Å². The van der Waals surface area contributed by atoms with E-state index in [1.807, 2.05) is 18.7 Å². The number of carbonyl (C=O) groups excluding carboxylic acids is 1. The molecule has 0 spiro atoms. The van der Waals surface area contributed by atoms with Crippen molar-refractivity contribution in [2.24, 2.45) is 5.92 Å². The summed E-state index contributed by atoms with van der Waals surface area (Å²) in [6.45, 7) is 1.95. The van der Waals surface area contributed by atoms with Crippen molar-refractivity contribution in [3.8, 4) is 12.3 Å². The number of nitrogens with one attached hydrogen (secondary N) is 1. The first-order valence-electron chi connectivity index (χ1n) is 5.53. The lowest BCUT2D eigenvalue weighted by atomic mass is 9.98. The van der Waals surface area contributed by atoms with Gasteiger partial charge in [0, 0.05) is 18.9 Å². The van der Waals surface area contributed by atoms with E-state index in [9.17, 15) is 4.79 Å². The highest BCUT2D eigenvalue weighted by atomic mass is 32.2. The van der Waals surface area contributed by atoms with E-state index in [2.05, 4.69) is 11.2 Å². The zero-order chi connectivity index (χ0) is 11.1. The summed E-state index contributed by atoms with van der Waals surface area (Å²) in [6, 6.07) is 0.112. The number of thioether (sulfide) groups is 1. The van der Waals surface area contributed by atoms with Gasteiger partial charge < -0.3 is 5.32 Å². The Balaban J connectivity index is 2.20. The van der Waals surface area contributed by atoms with Gasteiger partial charge in [-0.25, -0.2) is 0 Å². The van der Waals surface area contributed by atoms with Crippen LogP contribution in [0.5, 0.6) is 0 Å². The van der Waals surface area contributed by atoms with E-state index >= 15 is 0 Å². The lowest BCUT2D eigenvalue weighted by Gasteiger charge is -2.21. The number of rotatable bonds is 4. The van der Waals surface area contributed by atoms with E-state index < -0.39 is 0 Å². The Bertz CT molecular complexity index is 240. The number of carbonyl (C=O) groups is 1. The monoisotopic (exact) mass is 225 g/mol. The highest BCUT2D eigenvalue weighted by Gasteiger charge is 2.17. The Hall–Kier alpha value is -0.620. The Morgan fingerprint density at radius 2 is 2.27 bits per heavy atom. The zero-order valence-electron chi connectivity index (χ0n) is 9.29. The molecule has 0 aromatic heterocycles. The molecule has 3 heteroatoms. The standard InChI is InChI=1S/C12H19NOS/c1-3-4-10(2)13-12(14)9-11-5-7-15-8-6-11/h1,10-11H,4-9H2,2H3,(H,13,14). The van der Waals surface area contributed by atoms with Gasteiger partial charge in [0.05, 0.1) is 0 Å². The fraction of sp³-hybridized carbons (Fsp3) is 0.750. The van der Waals surface area contributed by atoms with Crippen LogP contribution in [0.4, 0.5) is 0 Å². The van der Waals surface area contributed by atoms with E-state index in [0.29, 0.717) is 18.8 Å². The molecule has 1 rings (SSSR count). The molecule has 15 heavy (non-hydrogen) atoms. The summed E-state index contributed by atoms with van der Waals surface area (Å²) in [5.74, 6) is 5.72. The molecule has 0 saturated carbocycles. The van der Waals surface area contributed by atoms with Crippen LogP contribution >= 0.6 is 11.8 Å². The third-order valence-corrected chi connectivity index (χ3v) is 3.70. The van der Waals surface area contributed by atoms with Gasteiger partial charge in [-0.1, -0.05) is 0 Å². The Morgan fingerprint density at radius 3 is 2.87 bits per heavy atom. The second-order valence-corrected chi connectivity index (χ2v) is 5.36. The van der Waals surface area contributed by atoms with Crippen molar-refractivity contribution < 1.29 is 4.79 Å². The van der Waals surface area contributed by atoms with Gasteiger partial charge in [-0.2, -0.15) is 11.8 Å². The van der Waals surface area contributed by atoms with Crippen LogP contribution in [0.25, 0.3) is 0 Å². The Morgan fingerprint density at radius 1 is 1.60 bits per heavy atom. The molecule has 1 heterocycles. The maximum Gasteiger partial charge on any atom is 0.220 e. The SMILES string of the molecule is C#CCC(C)NC(=O)CC1CCSCC1. The van der Waals surface area contributed by atoms with Crippen LogP contribution < -0.4 is 5.32 Å². The van der Waals surface area contributed by atoms with Gasteiger partial charge in [0.1, 0.15) is 0 Å². The molecule has 1 N–H and O–H groups in total. The summed E-state index contributed by atoms with van der Waals surface area (Å²) in [5, 5.41) is 2.94. The van der Waals surface area contributed by atoms with Crippen LogP contribution in [0.1, 0.15) is 32.6 Å². The van der Waals surface area contributed by atoms with Crippen LogP contribution in [-0.2, 0) is 4.79 Å². The molecule has 1 unspecified atom stereocenters. The van der Waals surface area contributed by atoms with Crippen LogP contribution in [0.15, 0.2) is 0 Å². The third kappa shape index (κ3) is 5.13. The summed E-state index contributed by atoms with van der Waals surface area (Å²) in [6.07, 6.45) is 8.84. The van der Waals surface area contributed by atoms with E-state index in [0.717, 1.165) is 0 Å². The first kappa shape index (κ1) is 12.4. The lowest BCUT2D eigenvalue weighted by molar-refractivity contribution is -0.122. The maximum atomic E-state index is 11.6. The fourth-order valence-electron chi connectivity index (χ4n) is 1.77. The maximum absolute atomic E-state index is 11.6. The van der Waals surface area contributed by atoms with E-state index in [1.165, 1.54) is 24.3 Å². The van der Waals surface area contributed by atoms with Gasteiger partial charge >= 0.3 is 0 Å². The minimum absolute atomic E-state index is 0.112.